The van der Waals surface area contributed by atoms with Gasteiger partial charge in [-0.1, -0.05) is 11.6 Å². The molecule has 94 valence electrons. The van der Waals surface area contributed by atoms with Crippen LogP contribution in [-0.4, -0.2) is 10.3 Å². The Hall–Kier alpha value is -1.39. The molecule has 5 heteroatoms. The maximum Gasteiger partial charge on any atom is 0.250 e. The van der Waals surface area contributed by atoms with E-state index in [4.69, 9.17) is 17.3 Å². The van der Waals surface area contributed by atoms with Gasteiger partial charge in [-0.25, -0.2) is 0 Å². The van der Waals surface area contributed by atoms with E-state index < -0.39 is 0 Å². The fraction of sp³-hybridized carbons (Fsp3) is 0.154. The number of thioether (sulfide) groups is 1. The Bertz CT molecular complexity index is 580. The highest BCUT2D eigenvalue weighted by Gasteiger charge is 1.98. The summed E-state index contributed by atoms with van der Waals surface area (Å²) in [6, 6.07) is 10.8. The van der Waals surface area contributed by atoms with Crippen LogP contribution in [0.5, 0.6) is 0 Å². The third-order valence-electron chi connectivity index (χ3n) is 2.42. The maximum absolute atomic E-state index is 11.5. The number of hydrogen-bond donors (Lipinski definition) is 1. The Morgan fingerprint density at radius 3 is 2.61 bits per heavy atom. The van der Waals surface area contributed by atoms with Crippen LogP contribution in [-0.2, 0) is 6.54 Å². The summed E-state index contributed by atoms with van der Waals surface area (Å²) < 4.78 is 1.62. The average molecular weight is 281 g/mol. The number of benzene rings is 1. The van der Waals surface area contributed by atoms with Gasteiger partial charge in [0, 0.05) is 40.2 Å². The molecule has 0 saturated carbocycles. The zero-order chi connectivity index (χ0) is 13.0. The van der Waals surface area contributed by atoms with Gasteiger partial charge in [-0.3, -0.25) is 4.79 Å². The number of rotatable bonds is 4. The van der Waals surface area contributed by atoms with Crippen LogP contribution in [0.2, 0.25) is 5.02 Å². The van der Waals surface area contributed by atoms with Gasteiger partial charge in [0.1, 0.15) is 0 Å². The van der Waals surface area contributed by atoms with Gasteiger partial charge in [-0.2, -0.15) is 0 Å². The van der Waals surface area contributed by atoms with Crippen LogP contribution in [0.4, 0.5) is 5.69 Å². The third-order valence-corrected chi connectivity index (χ3v) is 3.67. The number of aryl methyl sites for hydroxylation is 1. The van der Waals surface area contributed by atoms with Crippen molar-refractivity contribution in [1.29, 1.82) is 0 Å². The van der Waals surface area contributed by atoms with Crippen molar-refractivity contribution in [2.75, 3.05) is 11.5 Å². The van der Waals surface area contributed by atoms with Crippen LogP contribution in [0.1, 0.15) is 0 Å². The topological polar surface area (TPSA) is 48.0 Å². The van der Waals surface area contributed by atoms with Crippen LogP contribution in [0.3, 0.4) is 0 Å². The smallest absolute Gasteiger partial charge is 0.250 e. The SMILES string of the molecule is Nc1ccc(=O)n(CCSc2ccc(Cl)cc2)c1. The highest BCUT2D eigenvalue weighted by molar-refractivity contribution is 7.99. The minimum absolute atomic E-state index is 0.0269. The van der Waals surface area contributed by atoms with E-state index in [1.807, 2.05) is 24.3 Å². The van der Waals surface area contributed by atoms with E-state index in [-0.39, 0.29) is 5.56 Å². The van der Waals surface area contributed by atoms with E-state index >= 15 is 0 Å². The molecule has 3 nitrogen and oxygen atoms in total. The van der Waals surface area contributed by atoms with E-state index in [2.05, 4.69) is 0 Å². The normalized spacial score (nSPS) is 10.5. The van der Waals surface area contributed by atoms with Gasteiger partial charge >= 0.3 is 0 Å². The molecule has 2 N–H and O–H groups in total. The van der Waals surface area contributed by atoms with E-state index in [0.717, 1.165) is 15.7 Å². The lowest BCUT2D eigenvalue weighted by atomic mass is 10.4. The van der Waals surface area contributed by atoms with E-state index in [1.54, 1.807) is 28.6 Å². The van der Waals surface area contributed by atoms with Gasteiger partial charge in [0.2, 0.25) is 0 Å². The molecule has 0 radical (unpaired) electrons. The Morgan fingerprint density at radius 1 is 1.17 bits per heavy atom. The summed E-state index contributed by atoms with van der Waals surface area (Å²) in [6.07, 6.45) is 1.67. The number of pyridine rings is 1. The quantitative estimate of drug-likeness (QED) is 0.876. The molecule has 0 bridgehead atoms. The second kappa shape index (κ2) is 5.98. The zero-order valence-corrected chi connectivity index (χ0v) is 11.2. The van der Waals surface area contributed by atoms with Crippen LogP contribution >= 0.6 is 23.4 Å². The number of anilines is 1. The molecule has 1 aromatic heterocycles. The Morgan fingerprint density at radius 2 is 1.89 bits per heavy atom. The minimum Gasteiger partial charge on any atom is -0.398 e. The van der Waals surface area contributed by atoms with Gasteiger partial charge in [0.25, 0.3) is 5.56 Å². The molecule has 0 atom stereocenters. The van der Waals surface area contributed by atoms with Gasteiger partial charge < -0.3 is 10.3 Å². The number of halogens is 1. The van der Waals surface area contributed by atoms with Crippen molar-refractivity contribution in [3.8, 4) is 0 Å². The molecular weight excluding hydrogens is 268 g/mol. The first-order valence-corrected chi connectivity index (χ1v) is 6.86. The molecule has 0 saturated heterocycles. The van der Waals surface area contributed by atoms with Crippen LogP contribution in [0.15, 0.2) is 52.3 Å². The number of nitrogens with zero attached hydrogens (tertiary/aromatic N) is 1. The lowest BCUT2D eigenvalue weighted by Crippen LogP contribution is -2.19. The van der Waals surface area contributed by atoms with Crippen molar-refractivity contribution >= 4 is 29.1 Å². The van der Waals surface area contributed by atoms with Crippen molar-refractivity contribution in [2.45, 2.75) is 11.4 Å². The van der Waals surface area contributed by atoms with E-state index in [1.165, 1.54) is 6.07 Å². The average Bonchev–Trinajstić information content (AvgIpc) is 2.36. The molecule has 0 spiro atoms. The second-order valence-electron chi connectivity index (χ2n) is 3.80. The first kappa shape index (κ1) is 13.1. The second-order valence-corrected chi connectivity index (χ2v) is 5.40. The van der Waals surface area contributed by atoms with Gasteiger partial charge in [-0.15, -0.1) is 11.8 Å². The lowest BCUT2D eigenvalue weighted by molar-refractivity contribution is 0.737. The van der Waals surface area contributed by atoms with E-state index in [9.17, 15) is 4.79 Å². The predicted octanol–water partition coefficient (Wildman–Crippen LogP) is 2.88. The summed E-state index contributed by atoms with van der Waals surface area (Å²) in [4.78, 5) is 12.7. The Labute approximate surface area is 115 Å². The number of nitrogens with two attached hydrogens (primary N) is 1. The molecule has 1 aromatic carbocycles. The Kier molecular flexibility index (Phi) is 4.33. The summed E-state index contributed by atoms with van der Waals surface area (Å²) in [5, 5.41) is 0.728. The first-order chi connectivity index (χ1) is 8.65. The standard InChI is InChI=1S/C13H13ClN2OS/c14-10-1-4-12(5-2-10)18-8-7-16-9-11(15)3-6-13(16)17/h1-6,9H,7-8,15H2. The van der Waals surface area contributed by atoms with Gasteiger partial charge in [0.15, 0.2) is 0 Å². The monoisotopic (exact) mass is 280 g/mol. The molecule has 2 rings (SSSR count). The first-order valence-electron chi connectivity index (χ1n) is 5.49. The summed E-state index contributed by atoms with van der Waals surface area (Å²) in [5.74, 6) is 0.811. The van der Waals surface area contributed by atoms with Gasteiger partial charge in [0.05, 0.1) is 0 Å². The predicted molar refractivity (Wildman–Crippen MR) is 77.3 cm³/mol. The summed E-state index contributed by atoms with van der Waals surface area (Å²) >= 11 is 7.49. The number of hydrogen-bond acceptors (Lipinski definition) is 3. The van der Waals surface area contributed by atoms with Crippen molar-refractivity contribution < 1.29 is 0 Å². The van der Waals surface area contributed by atoms with Crippen molar-refractivity contribution in [3.05, 3.63) is 58.0 Å². The fourth-order valence-electron chi connectivity index (χ4n) is 1.52. The molecule has 0 aliphatic rings. The number of aromatic nitrogens is 1. The fourth-order valence-corrected chi connectivity index (χ4v) is 2.50. The highest BCUT2D eigenvalue weighted by Crippen LogP contribution is 2.20. The molecule has 0 fully saturated rings. The molecule has 0 aliphatic heterocycles. The lowest BCUT2D eigenvalue weighted by Gasteiger charge is -2.06. The maximum atomic E-state index is 11.5. The largest absolute Gasteiger partial charge is 0.398 e. The minimum atomic E-state index is -0.0269. The molecule has 2 aromatic rings. The van der Waals surface area contributed by atoms with Crippen LogP contribution < -0.4 is 11.3 Å². The van der Waals surface area contributed by atoms with Crippen molar-refractivity contribution in [3.63, 3.8) is 0 Å². The number of nitrogen functional groups attached to an aromatic ring is 1. The zero-order valence-electron chi connectivity index (χ0n) is 9.67. The van der Waals surface area contributed by atoms with Crippen LogP contribution in [0, 0.1) is 0 Å². The summed E-state index contributed by atoms with van der Waals surface area (Å²) in [7, 11) is 0. The van der Waals surface area contributed by atoms with Crippen LogP contribution in [0.25, 0.3) is 0 Å². The highest BCUT2D eigenvalue weighted by atomic mass is 35.5. The molecule has 1 heterocycles. The molecule has 0 aliphatic carbocycles. The summed E-state index contributed by atoms with van der Waals surface area (Å²) in [6.45, 7) is 0.636. The molecule has 18 heavy (non-hydrogen) atoms. The van der Waals surface area contributed by atoms with Gasteiger partial charge in [-0.05, 0) is 30.3 Å². The summed E-state index contributed by atoms with van der Waals surface area (Å²) in [5.41, 5.74) is 6.22. The molecule has 0 unspecified atom stereocenters. The molecular formula is C13H13ClN2OS. The molecule has 0 amide bonds. The van der Waals surface area contributed by atoms with Crippen molar-refractivity contribution in [1.82, 2.24) is 4.57 Å². The third kappa shape index (κ3) is 3.55. The Balaban J connectivity index is 1.94. The van der Waals surface area contributed by atoms with Crippen molar-refractivity contribution in [2.24, 2.45) is 0 Å². The van der Waals surface area contributed by atoms with E-state index in [0.29, 0.717) is 12.2 Å².